The number of nitrogens with one attached hydrogen (secondary N) is 2. The van der Waals surface area contributed by atoms with Crippen molar-refractivity contribution in [2.24, 2.45) is 4.99 Å². The van der Waals surface area contributed by atoms with E-state index in [2.05, 4.69) is 22.5 Å². The molecule has 0 amide bonds. The van der Waals surface area contributed by atoms with Crippen molar-refractivity contribution in [2.75, 3.05) is 26.8 Å². The van der Waals surface area contributed by atoms with E-state index in [-0.39, 0.29) is 35.5 Å². The molecule has 1 aliphatic heterocycles. The van der Waals surface area contributed by atoms with E-state index in [0.717, 1.165) is 37.5 Å². The number of esters is 1. The number of ether oxygens (including phenoxy) is 2. The molecular formula is C18H28IN3O3. The molecule has 0 radical (unpaired) electrons. The summed E-state index contributed by atoms with van der Waals surface area (Å²) in [7, 11) is 1.75. The maximum atomic E-state index is 11.6. The number of hydrogen-bond donors (Lipinski definition) is 2. The van der Waals surface area contributed by atoms with E-state index in [1.807, 2.05) is 12.1 Å². The van der Waals surface area contributed by atoms with Gasteiger partial charge in [0.25, 0.3) is 0 Å². The molecule has 0 bridgehead atoms. The largest absolute Gasteiger partial charge is 0.462 e. The summed E-state index contributed by atoms with van der Waals surface area (Å²) in [5.41, 5.74) is 1.52. The van der Waals surface area contributed by atoms with Gasteiger partial charge in [-0.2, -0.15) is 0 Å². The topological polar surface area (TPSA) is 72.0 Å². The highest BCUT2D eigenvalue weighted by molar-refractivity contribution is 14.0. The van der Waals surface area contributed by atoms with Crippen LogP contribution in [0.5, 0.6) is 0 Å². The van der Waals surface area contributed by atoms with Gasteiger partial charge in [0.1, 0.15) is 0 Å². The Labute approximate surface area is 166 Å². The predicted molar refractivity (Wildman–Crippen MR) is 110 cm³/mol. The van der Waals surface area contributed by atoms with Crippen molar-refractivity contribution < 1.29 is 14.3 Å². The molecule has 6 nitrogen and oxygen atoms in total. The molecule has 1 saturated heterocycles. The summed E-state index contributed by atoms with van der Waals surface area (Å²) < 4.78 is 10.7. The van der Waals surface area contributed by atoms with Crippen LogP contribution in [-0.2, 0) is 16.0 Å². The van der Waals surface area contributed by atoms with E-state index in [0.29, 0.717) is 18.7 Å². The lowest BCUT2D eigenvalue weighted by Gasteiger charge is -2.24. The van der Waals surface area contributed by atoms with Crippen LogP contribution in [0.15, 0.2) is 29.3 Å². The molecule has 140 valence electrons. The van der Waals surface area contributed by atoms with Crippen LogP contribution in [0.2, 0.25) is 0 Å². The number of guanidine groups is 1. The molecule has 1 aromatic carbocycles. The predicted octanol–water partition coefficient (Wildman–Crippen LogP) is 2.72. The van der Waals surface area contributed by atoms with Crippen molar-refractivity contribution in [3.8, 4) is 0 Å². The van der Waals surface area contributed by atoms with E-state index in [1.54, 1.807) is 26.1 Å². The van der Waals surface area contributed by atoms with Crippen LogP contribution >= 0.6 is 24.0 Å². The Hall–Kier alpha value is -1.35. The summed E-state index contributed by atoms with van der Waals surface area (Å²) in [4.78, 5) is 15.9. The minimum Gasteiger partial charge on any atom is -0.462 e. The van der Waals surface area contributed by atoms with Gasteiger partial charge in [-0.1, -0.05) is 12.1 Å². The van der Waals surface area contributed by atoms with Gasteiger partial charge in [-0.15, -0.1) is 24.0 Å². The highest BCUT2D eigenvalue weighted by Gasteiger charge is 2.29. The molecule has 0 aliphatic carbocycles. The van der Waals surface area contributed by atoms with Crippen LogP contribution in [0, 0.1) is 0 Å². The zero-order chi connectivity index (χ0) is 17.4. The fourth-order valence-electron chi connectivity index (χ4n) is 2.63. The molecule has 1 heterocycles. The van der Waals surface area contributed by atoms with Gasteiger partial charge in [0.15, 0.2) is 5.96 Å². The van der Waals surface area contributed by atoms with Crippen molar-refractivity contribution in [1.82, 2.24) is 10.6 Å². The van der Waals surface area contributed by atoms with Crippen molar-refractivity contribution >= 4 is 35.9 Å². The number of halogens is 1. The molecule has 0 saturated carbocycles. The normalized spacial score (nSPS) is 19.9. The van der Waals surface area contributed by atoms with Gasteiger partial charge in [-0.25, -0.2) is 4.79 Å². The second-order valence-electron chi connectivity index (χ2n) is 6.10. The molecule has 1 unspecified atom stereocenters. The second kappa shape index (κ2) is 10.6. The van der Waals surface area contributed by atoms with Crippen molar-refractivity contribution in [1.29, 1.82) is 0 Å². The average Bonchev–Trinajstić information content (AvgIpc) is 3.02. The van der Waals surface area contributed by atoms with E-state index >= 15 is 0 Å². The first-order valence-electron chi connectivity index (χ1n) is 8.41. The molecule has 25 heavy (non-hydrogen) atoms. The Bertz CT molecular complexity index is 569. The van der Waals surface area contributed by atoms with Crippen LogP contribution in [0.1, 0.15) is 42.6 Å². The van der Waals surface area contributed by atoms with Crippen LogP contribution < -0.4 is 10.6 Å². The van der Waals surface area contributed by atoms with E-state index in [1.165, 1.54) is 0 Å². The summed E-state index contributed by atoms with van der Waals surface area (Å²) >= 11 is 0. The first kappa shape index (κ1) is 21.7. The van der Waals surface area contributed by atoms with E-state index < -0.39 is 0 Å². The van der Waals surface area contributed by atoms with Crippen LogP contribution in [-0.4, -0.2) is 44.3 Å². The number of rotatable bonds is 6. The first-order valence-corrected chi connectivity index (χ1v) is 8.41. The summed E-state index contributed by atoms with van der Waals surface area (Å²) in [5, 5.41) is 6.58. The minimum absolute atomic E-state index is 0. The lowest BCUT2D eigenvalue weighted by atomic mass is 10.0. The molecule has 1 aliphatic rings. The third-order valence-electron chi connectivity index (χ3n) is 4.08. The van der Waals surface area contributed by atoms with Crippen LogP contribution in [0.4, 0.5) is 0 Å². The third kappa shape index (κ3) is 6.81. The second-order valence-corrected chi connectivity index (χ2v) is 6.10. The standard InChI is InChI=1S/C18H27N3O3.HI/c1-4-23-16(22)15-8-6-14(7-9-15)12-20-17(19-3)21-13-18(2)10-5-11-24-18;/h6-9H,4-5,10-13H2,1-3H3,(H2,19,20,21);1H. The molecular weight excluding hydrogens is 433 g/mol. The van der Waals surface area contributed by atoms with Gasteiger partial charge in [-0.05, 0) is 44.4 Å². The van der Waals surface area contributed by atoms with Crippen LogP contribution in [0.3, 0.4) is 0 Å². The highest BCUT2D eigenvalue weighted by atomic mass is 127. The lowest BCUT2D eigenvalue weighted by Crippen LogP contribution is -2.45. The quantitative estimate of drug-likeness (QED) is 0.295. The SMILES string of the molecule is CCOC(=O)c1ccc(CNC(=NC)NCC2(C)CCCO2)cc1.I. The molecule has 2 N–H and O–H groups in total. The van der Waals surface area contributed by atoms with Crippen molar-refractivity contribution in [3.05, 3.63) is 35.4 Å². The molecule has 1 atom stereocenters. The van der Waals surface area contributed by atoms with Gasteiger partial charge in [-0.3, -0.25) is 4.99 Å². The van der Waals surface area contributed by atoms with Gasteiger partial charge >= 0.3 is 5.97 Å². The Morgan fingerprint density at radius 1 is 1.32 bits per heavy atom. The fourth-order valence-corrected chi connectivity index (χ4v) is 2.63. The minimum atomic E-state index is -0.292. The van der Waals surface area contributed by atoms with Gasteiger partial charge in [0.05, 0.1) is 17.8 Å². The lowest BCUT2D eigenvalue weighted by molar-refractivity contribution is 0.0242. The summed E-state index contributed by atoms with van der Waals surface area (Å²) in [5.74, 6) is 0.445. The average molecular weight is 461 g/mol. The molecule has 7 heteroatoms. The van der Waals surface area contributed by atoms with Gasteiger partial charge in [0, 0.05) is 26.7 Å². The molecule has 1 fully saturated rings. The summed E-state index contributed by atoms with van der Waals surface area (Å²) in [6.45, 7) is 6.48. The van der Waals surface area contributed by atoms with Gasteiger partial charge in [0.2, 0.25) is 0 Å². The van der Waals surface area contributed by atoms with E-state index in [4.69, 9.17) is 9.47 Å². The van der Waals surface area contributed by atoms with Crippen LogP contribution in [0.25, 0.3) is 0 Å². The highest BCUT2D eigenvalue weighted by Crippen LogP contribution is 2.23. The van der Waals surface area contributed by atoms with Crippen molar-refractivity contribution in [2.45, 2.75) is 38.8 Å². The van der Waals surface area contributed by atoms with Crippen molar-refractivity contribution in [3.63, 3.8) is 0 Å². The number of hydrogen-bond acceptors (Lipinski definition) is 4. The fraction of sp³-hybridized carbons (Fsp3) is 0.556. The Balaban J connectivity index is 0.00000312. The Morgan fingerprint density at radius 3 is 2.60 bits per heavy atom. The zero-order valence-corrected chi connectivity index (χ0v) is 17.5. The van der Waals surface area contributed by atoms with Gasteiger partial charge < -0.3 is 20.1 Å². The zero-order valence-electron chi connectivity index (χ0n) is 15.1. The number of carbonyl (C=O) groups is 1. The monoisotopic (exact) mass is 461 g/mol. The molecule has 0 aromatic heterocycles. The molecule has 1 aromatic rings. The third-order valence-corrected chi connectivity index (χ3v) is 4.08. The Morgan fingerprint density at radius 2 is 2.04 bits per heavy atom. The summed E-state index contributed by atoms with van der Waals surface area (Å²) in [6.07, 6.45) is 2.17. The van der Waals surface area contributed by atoms with E-state index in [9.17, 15) is 4.79 Å². The maximum Gasteiger partial charge on any atom is 0.338 e. The first-order chi connectivity index (χ1) is 11.6. The summed E-state index contributed by atoms with van der Waals surface area (Å²) in [6, 6.07) is 7.37. The maximum absolute atomic E-state index is 11.6. The Kier molecular flexibility index (Phi) is 9.20. The number of nitrogens with zero attached hydrogens (tertiary/aromatic N) is 1. The molecule has 0 spiro atoms. The smallest absolute Gasteiger partial charge is 0.338 e. The number of carbonyl (C=O) groups excluding carboxylic acids is 1. The number of aliphatic imine (C=N–C) groups is 1. The molecule has 2 rings (SSSR count). The number of benzene rings is 1.